The van der Waals surface area contributed by atoms with E-state index in [1.165, 1.54) is 43.9 Å². The average molecular weight is 308 g/mol. The average Bonchev–Trinajstić information content (AvgIpc) is 2.60. The number of quaternary nitrogens is 3. The van der Waals surface area contributed by atoms with E-state index in [0.717, 1.165) is 24.6 Å². The molecule has 5 nitrogen and oxygen atoms in total. The Hall–Kier alpha value is -1.30. The Balaban J connectivity index is 1.87. The van der Waals surface area contributed by atoms with Gasteiger partial charge in [0.1, 0.15) is 50.8 Å². The number of benzene rings is 1. The number of likely N-dealkylation sites (N-methyl/N-ethyl adjacent to an activating group) is 1. The molecule has 2 aliphatic rings. The van der Waals surface area contributed by atoms with E-state index in [9.17, 15) is 0 Å². The summed E-state index contributed by atoms with van der Waals surface area (Å²) < 4.78 is 11.1. The Morgan fingerprint density at radius 3 is 2.55 bits per heavy atom. The van der Waals surface area contributed by atoms with Crippen LogP contribution in [0.4, 0.5) is 0 Å². The number of piperazine rings is 1. The van der Waals surface area contributed by atoms with Gasteiger partial charge >= 0.3 is 0 Å². The first-order valence-electron chi connectivity index (χ1n) is 8.51. The van der Waals surface area contributed by atoms with Gasteiger partial charge in [0, 0.05) is 11.6 Å². The van der Waals surface area contributed by atoms with Crippen molar-refractivity contribution in [3.63, 3.8) is 0 Å². The highest BCUT2D eigenvalue weighted by molar-refractivity contribution is 5.48. The van der Waals surface area contributed by atoms with Gasteiger partial charge in [0.15, 0.2) is 6.04 Å². The van der Waals surface area contributed by atoms with Crippen LogP contribution in [0.3, 0.4) is 0 Å². The molecule has 22 heavy (non-hydrogen) atoms. The van der Waals surface area contributed by atoms with Crippen molar-refractivity contribution in [2.45, 2.75) is 19.5 Å². The fourth-order valence-electron chi connectivity index (χ4n) is 4.03. The summed E-state index contributed by atoms with van der Waals surface area (Å²) in [6.07, 6.45) is 0. The number of nitrogens with two attached hydrogens (primary N) is 1. The van der Waals surface area contributed by atoms with Crippen LogP contribution in [-0.2, 0) is 6.54 Å². The molecule has 0 radical (unpaired) electrons. The van der Waals surface area contributed by atoms with Crippen molar-refractivity contribution in [1.29, 1.82) is 0 Å². The van der Waals surface area contributed by atoms with Crippen LogP contribution in [0.25, 0.3) is 0 Å². The normalized spacial score (nSPS) is 28.0. The molecule has 0 bridgehead atoms. The van der Waals surface area contributed by atoms with Crippen molar-refractivity contribution in [2.24, 2.45) is 0 Å². The molecule has 122 valence electrons. The number of hydrogen-bond acceptors (Lipinski definition) is 2. The van der Waals surface area contributed by atoms with Gasteiger partial charge in [-0.25, -0.2) is 0 Å². The first kappa shape index (κ1) is 15.6. The molecule has 0 aliphatic carbocycles. The number of hydrogen-bond donors (Lipinski definition) is 3. The van der Waals surface area contributed by atoms with Crippen LogP contribution in [0.5, 0.6) is 11.5 Å². The molecule has 2 heterocycles. The third-order valence-electron chi connectivity index (χ3n) is 5.36. The highest BCUT2D eigenvalue weighted by atomic mass is 16.5. The summed E-state index contributed by atoms with van der Waals surface area (Å²) in [4.78, 5) is 3.46. The van der Waals surface area contributed by atoms with Gasteiger partial charge in [0.2, 0.25) is 0 Å². The molecule has 1 aromatic rings. The van der Waals surface area contributed by atoms with Crippen molar-refractivity contribution in [3.05, 3.63) is 23.3 Å². The number of fused-ring (bicyclic) bond motifs is 1. The number of nitrogens with one attached hydrogen (secondary N) is 2. The highest BCUT2D eigenvalue weighted by Gasteiger charge is 2.37. The summed E-state index contributed by atoms with van der Waals surface area (Å²) >= 11 is 0. The Morgan fingerprint density at radius 1 is 1.14 bits per heavy atom. The maximum Gasteiger partial charge on any atom is 0.167 e. The molecule has 0 saturated carbocycles. The fraction of sp³-hybridized carbons (Fsp3) is 0.647. The third kappa shape index (κ3) is 2.93. The number of rotatable bonds is 4. The Bertz CT molecular complexity index is 496. The zero-order valence-electron chi connectivity index (χ0n) is 14.1. The van der Waals surface area contributed by atoms with Crippen LogP contribution in [-0.4, -0.2) is 53.5 Å². The molecule has 1 fully saturated rings. The molecule has 1 atom stereocenters. The largest absolute Gasteiger partial charge is 0.497 e. The van der Waals surface area contributed by atoms with E-state index < -0.39 is 0 Å². The number of methoxy groups -OCH3 is 2. The standard InChI is InChI=1S/C17H27N3O2/c1-4-19-5-7-20(8-6-19)15-12-18-11-13-9-14(21-2)10-16(22-3)17(13)15/h9-10,15,18H,4-8,11-12H2,1-3H3/p+3/t15-/m1/s1. The minimum absolute atomic E-state index is 0.544. The quantitative estimate of drug-likeness (QED) is 0.582. The molecule has 3 rings (SSSR count). The van der Waals surface area contributed by atoms with Crippen LogP contribution >= 0.6 is 0 Å². The van der Waals surface area contributed by atoms with E-state index in [1.54, 1.807) is 24.0 Å². The monoisotopic (exact) mass is 308 g/mol. The smallest absolute Gasteiger partial charge is 0.167 e. The van der Waals surface area contributed by atoms with Crippen molar-refractivity contribution in [2.75, 3.05) is 53.5 Å². The van der Waals surface area contributed by atoms with Crippen LogP contribution in [0.1, 0.15) is 24.1 Å². The van der Waals surface area contributed by atoms with Crippen LogP contribution in [0.2, 0.25) is 0 Å². The molecule has 1 saturated heterocycles. The molecule has 0 spiro atoms. The predicted molar refractivity (Wildman–Crippen MR) is 84.7 cm³/mol. The highest BCUT2D eigenvalue weighted by Crippen LogP contribution is 2.33. The molecular formula is C17H30N3O2+3. The van der Waals surface area contributed by atoms with Crippen molar-refractivity contribution >= 4 is 0 Å². The first-order chi connectivity index (χ1) is 10.8. The predicted octanol–water partition coefficient (Wildman–Crippen LogP) is -2.37. The van der Waals surface area contributed by atoms with Gasteiger partial charge in [-0.05, 0) is 13.0 Å². The van der Waals surface area contributed by atoms with E-state index in [2.05, 4.69) is 18.3 Å². The first-order valence-corrected chi connectivity index (χ1v) is 8.51. The van der Waals surface area contributed by atoms with Gasteiger partial charge in [-0.15, -0.1) is 0 Å². The van der Waals surface area contributed by atoms with Crippen LogP contribution in [0.15, 0.2) is 12.1 Å². The van der Waals surface area contributed by atoms with Crippen molar-refractivity contribution < 1.29 is 24.6 Å². The molecule has 0 aromatic heterocycles. The lowest BCUT2D eigenvalue weighted by molar-refractivity contribution is -1.03. The second-order valence-corrected chi connectivity index (χ2v) is 6.45. The molecule has 4 N–H and O–H groups in total. The van der Waals surface area contributed by atoms with Crippen LogP contribution in [0, 0.1) is 0 Å². The van der Waals surface area contributed by atoms with Gasteiger partial charge in [0.25, 0.3) is 0 Å². The van der Waals surface area contributed by atoms with E-state index >= 15 is 0 Å². The molecule has 1 aromatic carbocycles. The Morgan fingerprint density at radius 2 is 1.91 bits per heavy atom. The minimum Gasteiger partial charge on any atom is -0.497 e. The lowest BCUT2D eigenvalue weighted by Crippen LogP contribution is -3.28. The molecule has 0 unspecified atom stereocenters. The summed E-state index contributed by atoms with van der Waals surface area (Å²) in [5.74, 6) is 1.91. The van der Waals surface area contributed by atoms with Crippen molar-refractivity contribution in [3.8, 4) is 11.5 Å². The summed E-state index contributed by atoms with van der Waals surface area (Å²) in [6, 6.07) is 4.78. The zero-order chi connectivity index (χ0) is 15.5. The van der Waals surface area contributed by atoms with E-state index in [4.69, 9.17) is 9.47 Å². The van der Waals surface area contributed by atoms with E-state index in [1.807, 2.05) is 6.07 Å². The van der Waals surface area contributed by atoms with Crippen molar-refractivity contribution in [1.82, 2.24) is 0 Å². The summed E-state index contributed by atoms with van der Waals surface area (Å²) in [6.45, 7) is 10.8. The SMILES string of the molecule is CC[NH+]1CC[NH+]([C@@H]2C[NH2+]Cc3cc(OC)cc(OC)c32)CC1. The second kappa shape index (κ2) is 6.86. The van der Waals surface area contributed by atoms with Gasteiger partial charge in [-0.1, -0.05) is 0 Å². The Labute approximate surface area is 133 Å². The van der Waals surface area contributed by atoms with E-state index in [0.29, 0.717) is 6.04 Å². The molecular weight excluding hydrogens is 278 g/mol. The minimum atomic E-state index is 0.544. The maximum atomic E-state index is 5.71. The number of ether oxygens (including phenoxy) is 2. The summed E-state index contributed by atoms with van der Waals surface area (Å²) in [5, 5.41) is 2.43. The molecule has 0 amide bonds. The van der Waals surface area contributed by atoms with Gasteiger partial charge in [-0.2, -0.15) is 0 Å². The fourth-order valence-corrected chi connectivity index (χ4v) is 4.03. The van der Waals surface area contributed by atoms with Gasteiger partial charge < -0.3 is 24.6 Å². The second-order valence-electron chi connectivity index (χ2n) is 6.45. The topological polar surface area (TPSA) is 44.0 Å². The molecule has 5 heteroatoms. The molecule has 2 aliphatic heterocycles. The van der Waals surface area contributed by atoms with Crippen LogP contribution < -0.4 is 24.6 Å². The van der Waals surface area contributed by atoms with E-state index in [-0.39, 0.29) is 0 Å². The lowest BCUT2D eigenvalue weighted by Gasteiger charge is -2.36. The zero-order valence-corrected chi connectivity index (χ0v) is 14.1. The maximum absolute atomic E-state index is 5.71. The summed E-state index contributed by atoms with van der Waals surface area (Å²) in [7, 11) is 3.50. The lowest BCUT2D eigenvalue weighted by atomic mass is 9.93. The third-order valence-corrected chi connectivity index (χ3v) is 5.36. The van der Waals surface area contributed by atoms with Gasteiger partial charge in [-0.3, -0.25) is 0 Å². The van der Waals surface area contributed by atoms with Gasteiger partial charge in [0.05, 0.1) is 26.3 Å². The Kier molecular flexibility index (Phi) is 4.86. The summed E-state index contributed by atoms with van der Waals surface area (Å²) in [5.41, 5.74) is 2.80.